The second-order valence-corrected chi connectivity index (χ2v) is 3.30. The molecule has 0 saturated carbocycles. The van der Waals surface area contributed by atoms with Crippen molar-refractivity contribution in [1.29, 1.82) is 0 Å². The summed E-state index contributed by atoms with van der Waals surface area (Å²) in [6.45, 7) is 1.68. The van der Waals surface area contributed by atoms with E-state index in [2.05, 4.69) is 5.32 Å². The van der Waals surface area contributed by atoms with Crippen LogP contribution >= 0.6 is 34.2 Å². The van der Waals surface area contributed by atoms with Crippen molar-refractivity contribution >= 4 is 40.1 Å². The monoisotopic (exact) mass is 273 g/mol. The molecule has 0 aliphatic carbocycles. The standard InChI is InChI=1S/C5H5ClINO2/c1-2-3(6)10-4(7)5(9)8-2/h4H,1H3,(H,8,9). The lowest BCUT2D eigenvalue weighted by Gasteiger charge is -2.19. The van der Waals surface area contributed by atoms with E-state index in [4.69, 9.17) is 16.3 Å². The molecule has 1 heterocycles. The van der Waals surface area contributed by atoms with Gasteiger partial charge in [0.25, 0.3) is 5.91 Å². The van der Waals surface area contributed by atoms with E-state index in [-0.39, 0.29) is 11.1 Å². The number of alkyl halides is 1. The van der Waals surface area contributed by atoms with Gasteiger partial charge in [-0.05, 0) is 41.1 Å². The van der Waals surface area contributed by atoms with Crippen LogP contribution in [-0.4, -0.2) is 10.0 Å². The van der Waals surface area contributed by atoms with E-state index in [1.807, 2.05) is 22.6 Å². The van der Waals surface area contributed by atoms with Crippen molar-refractivity contribution < 1.29 is 9.53 Å². The smallest absolute Gasteiger partial charge is 0.275 e. The van der Waals surface area contributed by atoms with E-state index in [1.165, 1.54) is 0 Å². The summed E-state index contributed by atoms with van der Waals surface area (Å²) in [7, 11) is 0. The molecule has 0 spiro atoms. The first-order chi connectivity index (χ1) is 4.61. The number of hydrogen-bond acceptors (Lipinski definition) is 2. The Labute approximate surface area is 76.9 Å². The molecule has 0 saturated heterocycles. The Morgan fingerprint density at radius 3 is 2.90 bits per heavy atom. The van der Waals surface area contributed by atoms with E-state index in [0.717, 1.165) is 0 Å². The van der Waals surface area contributed by atoms with E-state index >= 15 is 0 Å². The fourth-order valence-electron chi connectivity index (χ4n) is 0.523. The molecule has 0 aromatic rings. The Bertz CT molecular complexity index is 204. The highest BCUT2D eigenvalue weighted by Crippen LogP contribution is 2.20. The molecule has 0 fully saturated rings. The fourth-order valence-corrected chi connectivity index (χ4v) is 1.22. The normalized spacial score (nSPS) is 25.9. The molecular weight excluding hydrogens is 268 g/mol. The Morgan fingerprint density at radius 1 is 1.80 bits per heavy atom. The van der Waals surface area contributed by atoms with Crippen LogP contribution in [0.4, 0.5) is 0 Å². The number of rotatable bonds is 0. The van der Waals surface area contributed by atoms with Crippen LogP contribution in [0.15, 0.2) is 10.9 Å². The first kappa shape index (κ1) is 8.13. The van der Waals surface area contributed by atoms with Gasteiger partial charge in [-0.25, -0.2) is 0 Å². The highest BCUT2D eigenvalue weighted by atomic mass is 127. The highest BCUT2D eigenvalue weighted by Gasteiger charge is 2.23. The topological polar surface area (TPSA) is 38.3 Å². The van der Waals surface area contributed by atoms with Gasteiger partial charge in [0.15, 0.2) is 0 Å². The van der Waals surface area contributed by atoms with Crippen molar-refractivity contribution in [3.63, 3.8) is 0 Å². The molecule has 1 unspecified atom stereocenters. The summed E-state index contributed by atoms with van der Waals surface area (Å²) in [5.41, 5.74) is 0.569. The van der Waals surface area contributed by atoms with Gasteiger partial charge in [-0.2, -0.15) is 0 Å². The van der Waals surface area contributed by atoms with Crippen LogP contribution in [0.3, 0.4) is 0 Å². The minimum absolute atomic E-state index is 0.164. The van der Waals surface area contributed by atoms with Crippen molar-refractivity contribution in [3.05, 3.63) is 10.9 Å². The summed E-state index contributed by atoms with van der Waals surface area (Å²) in [6, 6.07) is 0. The summed E-state index contributed by atoms with van der Waals surface area (Å²) in [6.07, 6.45) is 0. The molecule has 1 aliphatic heterocycles. The molecule has 1 aliphatic rings. The van der Waals surface area contributed by atoms with E-state index in [0.29, 0.717) is 5.70 Å². The Morgan fingerprint density at radius 2 is 2.40 bits per heavy atom. The van der Waals surface area contributed by atoms with Gasteiger partial charge in [0, 0.05) is 0 Å². The molecule has 1 N–H and O–H groups in total. The second-order valence-electron chi connectivity index (χ2n) is 1.82. The number of halogens is 2. The molecular formula is C5H5ClINO2. The first-order valence-electron chi connectivity index (χ1n) is 2.59. The fraction of sp³-hybridized carbons (Fsp3) is 0.400. The predicted octanol–water partition coefficient (Wildman–Crippen LogP) is 1.32. The number of allylic oxidation sites excluding steroid dienone is 1. The summed E-state index contributed by atoms with van der Waals surface area (Å²) >= 11 is 7.42. The number of carbonyl (C=O) groups excluding carboxylic acids is 1. The van der Waals surface area contributed by atoms with Gasteiger partial charge in [0.05, 0.1) is 5.70 Å². The molecule has 0 bridgehead atoms. The average Bonchev–Trinajstić information content (AvgIpc) is 1.84. The maximum absolute atomic E-state index is 10.8. The Hall–Kier alpha value is 0.0300. The molecule has 1 atom stereocenters. The maximum atomic E-state index is 10.8. The summed E-state index contributed by atoms with van der Waals surface area (Å²) in [5, 5.41) is 2.82. The Balaban J connectivity index is 2.79. The number of nitrogens with one attached hydrogen (secondary N) is 1. The minimum Gasteiger partial charge on any atom is -0.458 e. The molecule has 1 rings (SSSR count). The zero-order valence-electron chi connectivity index (χ0n) is 5.15. The largest absolute Gasteiger partial charge is 0.458 e. The number of carbonyl (C=O) groups is 1. The SMILES string of the molecule is CC1=C(Cl)OC(I)C(=O)N1. The van der Waals surface area contributed by atoms with Crippen LogP contribution < -0.4 is 5.32 Å². The number of ether oxygens (including phenoxy) is 1. The summed E-state index contributed by atoms with van der Waals surface area (Å²) in [4.78, 5) is 10.8. The highest BCUT2D eigenvalue weighted by molar-refractivity contribution is 14.1. The van der Waals surface area contributed by atoms with Gasteiger partial charge in [-0.1, -0.05) is 0 Å². The molecule has 5 heteroatoms. The van der Waals surface area contributed by atoms with Gasteiger partial charge >= 0.3 is 0 Å². The van der Waals surface area contributed by atoms with E-state index in [9.17, 15) is 4.79 Å². The quantitative estimate of drug-likeness (QED) is 0.534. The number of amides is 1. The van der Waals surface area contributed by atoms with Gasteiger partial charge in [-0.3, -0.25) is 4.79 Å². The lowest BCUT2D eigenvalue weighted by atomic mass is 10.4. The van der Waals surface area contributed by atoms with Crippen LogP contribution in [0, 0.1) is 0 Å². The molecule has 3 nitrogen and oxygen atoms in total. The third-order valence-electron chi connectivity index (χ3n) is 1.02. The van der Waals surface area contributed by atoms with Gasteiger partial charge in [-0.15, -0.1) is 0 Å². The lowest BCUT2D eigenvalue weighted by Crippen LogP contribution is -2.35. The zero-order valence-corrected chi connectivity index (χ0v) is 8.06. The van der Waals surface area contributed by atoms with Crippen molar-refractivity contribution in [3.8, 4) is 0 Å². The van der Waals surface area contributed by atoms with Crippen LogP contribution in [0.25, 0.3) is 0 Å². The van der Waals surface area contributed by atoms with Crippen molar-refractivity contribution in [2.45, 2.75) is 11.0 Å². The van der Waals surface area contributed by atoms with Crippen molar-refractivity contribution in [2.24, 2.45) is 0 Å². The van der Waals surface area contributed by atoms with Crippen LogP contribution in [0.5, 0.6) is 0 Å². The van der Waals surface area contributed by atoms with E-state index in [1.54, 1.807) is 6.92 Å². The molecule has 0 aromatic carbocycles. The van der Waals surface area contributed by atoms with E-state index < -0.39 is 4.11 Å². The minimum atomic E-state index is -0.506. The van der Waals surface area contributed by atoms with Gasteiger partial charge < -0.3 is 10.1 Å². The number of hydrogen-bond donors (Lipinski definition) is 1. The Kier molecular flexibility index (Phi) is 2.40. The molecule has 1 amide bonds. The zero-order chi connectivity index (χ0) is 7.72. The van der Waals surface area contributed by atoms with Crippen LogP contribution in [0.1, 0.15) is 6.92 Å². The average molecular weight is 273 g/mol. The van der Waals surface area contributed by atoms with Gasteiger partial charge in [0.1, 0.15) is 0 Å². The molecule has 56 valence electrons. The van der Waals surface area contributed by atoms with Crippen molar-refractivity contribution in [1.82, 2.24) is 5.32 Å². The van der Waals surface area contributed by atoms with Crippen LogP contribution in [0.2, 0.25) is 0 Å². The second kappa shape index (κ2) is 2.96. The molecule has 0 aromatic heterocycles. The van der Waals surface area contributed by atoms with Gasteiger partial charge in [0.2, 0.25) is 9.33 Å². The third-order valence-corrected chi connectivity index (χ3v) is 2.21. The maximum Gasteiger partial charge on any atom is 0.275 e. The van der Waals surface area contributed by atoms with Crippen LogP contribution in [-0.2, 0) is 9.53 Å². The summed E-state index contributed by atoms with van der Waals surface area (Å²) < 4.78 is 4.42. The molecule has 10 heavy (non-hydrogen) atoms. The third kappa shape index (κ3) is 1.54. The predicted molar refractivity (Wildman–Crippen MR) is 45.6 cm³/mol. The molecule has 0 radical (unpaired) electrons. The first-order valence-corrected chi connectivity index (χ1v) is 4.21. The summed E-state index contributed by atoms with van der Waals surface area (Å²) in [5.74, 6) is -0.164. The van der Waals surface area contributed by atoms with Crippen molar-refractivity contribution in [2.75, 3.05) is 0 Å². The lowest BCUT2D eigenvalue weighted by molar-refractivity contribution is -0.125.